The quantitative estimate of drug-likeness (QED) is 0.562. The molecular weight excluding hydrogens is 454 g/mol. The van der Waals surface area contributed by atoms with Gasteiger partial charge in [0.25, 0.3) is 10.0 Å². The molecule has 0 aliphatic heterocycles. The molecule has 8 heteroatoms. The number of ether oxygens (including phenoxy) is 1. The molecule has 3 aromatic carbocycles. The lowest BCUT2D eigenvalue weighted by atomic mass is 10.1. The number of sulfonamides is 1. The van der Waals surface area contributed by atoms with Crippen molar-refractivity contribution in [1.29, 1.82) is 0 Å². The molecule has 138 valence electrons. The standard InChI is InChI=1S/C19H13BrClNO4S/c1-26-18-8-7-13(12-5-3-2-4-6-12)9-17(18)22-27(24,25)14-10-15(20)19(23)16(21)11-14/h3,5-11,22-23H,1H3. The molecule has 0 spiro atoms. The molecule has 0 aliphatic carbocycles. The van der Waals surface area contributed by atoms with E-state index in [9.17, 15) is 13.5 Å². The molecule has 2 N–H and O–H groups in total. The van der Waals surface area contributed by atoms with E-state index < -0.39 is 10.0 Å². The third-order valence-electron chi connectivity index (χ3n) is 3.74. The van der Waals surface area contributed by atoms with Crippen LogP contribution < -0.4 is 9.46 Å². The molecule has 3 aromatic rings. The first-order chi connectivity index (χ1) is 12.8. The topological polar surface area (TPSA) is 75.6 Å². The minimum atomic E-state index is -3.98. The number of benzene rings is 2. The van der Waals surface area contributed by atoms with E-state index in [4.69, 9.17) is 16.3 Å². The van der Waals surface area contributed by atoms with Gasteiger partial charge in [-0.05, 0) is 69.5 Å². The van der Waals surface area contributed by atoms with E-state index in [1.165, 1.54) is 19.2 Å². The van der Waals surface area contributed by atoms with Crippen LogP contribution in [0.15, 0.2) is 57.9 Å². The van der Waals surface area contributed by atoms with Crippen molar-refractivity contribution in [3.05, 3.63) is 70.2 Å². The maximum Gasteiger partial charge on any atom is 0.262 e. The van der Waals surface area contributed by atoms with Crippen LogP contribution in [0.1, 0.15) is 0 Å². The van der Waals surface area contributed by atoms with Crippen LogP contribution in [0.5, 0.6) is 11.5 Å². The summed E-state index contributed by atoms with van der Waals surface area (Å²) in [6, 6.07) is 18.6. The molecule has 0 heterocycles. The summed E-state index contributed by atoms with van der Waals surface area (Å²) in [4.78, 5) is -0.104. The first-order valence-electron chi connectivity index (χ1n) is 7.59. The van der Waals surface area contributed by atoms with Crippen molar-refractivity contribution in [2.24, 2.45) is 0 Å². The van der Waals surface area contributed by atoms with E-state index in [1.807, 2.05) is 12.1 Å². The molecule has 27 heavy (non-hydrogen) atoms. The van der Waals surface area contributed by atoms with E-state index >= 15 is 0 Å². The Bertz CT molecular complexity index is 1070. The van der Waals surface area contributed by atoms with Crippen molar-refractivity contribution in [1.82, 2.24) is 0 Å². The van der Waals surface area contributed by atoms with Crippen molar-refractivity contribution < 1.29 is 18.3 Å². The van der Waals surface area contributed by atoms with Crippen LogP contribution in [0.2, 0.25) is 5.02 Å². The molecule has 0 saturated carbocycles. The Hall–Kier alpha value is -2.40. The van der Waals surface area contributed by atoms with Crippen LogP contribution in [-0.2, 0) is 10.0 Å². The number of hydrogen-bond acceptors (Lipinski definition) is 4. The number of halogens is 2. The summed E-state index contributed by atoms with van der Waals surface area (Å²) in [7, 11) is -2.53. The highest BCUT2D eigenvalue weighted by molar-refractivity contribution is 9.10. The van der Waals surface area contributed by atoms with Crippen LogP contribution >= 0.6 is 27.5 Å². The largest absolute Gasteiger partial charge is 0.505 e. The maximum atomic E-state index is 12.8. The van der Waals surface area contributed by atoms with Gasteiger partial charge >= 0.3 is 0 Å². The normalized spacial score (nSPS) is 10.9. The zero-order valence-corrected chi connectivity index (χ0v) is 17.1. The Kier molecular flexibility index (Phi) is 5.51. The summed E-state index contributed by atoms with van der Waals surface area (Å²) in [6.45, 7) is 0. The van der Waals surface area contributed by atoms with E-state index in [1.54, 1.807) is 24.3 Å². The van der Waals surface area contributed by atoms with Crippen molar-refractivity contribution in [3.8, 4) is 22.6 Å². The first kappa shape index (κ1) is 19.4. The van der Waals surface area contributed by atoms with Crippen molar-refractivity contribution >= 4 is 43.2 Å². The Morgan fingerprint density at radius 1 is 1.15 bits per heavy atom. The fourth-order valence-corrected chi connectivity index (χ4v) is 4.52. The minimum Gasteiger partial charge on any atom is -0.505 e. The third kappa shape index (κ3) is 4.14. The van der Waals surface area contributed by atoms with Crippen LogP contribution in [-0.4, -0.2) is 20.6 Å². The second-order valence-electron chi connectivity index (χ2n) is 5.48. The number of nitrogens with one attached hydrogen (secondary N) is 1. The highest BCUT2D eigenvalue weighted by Gasteiger charge is 2.20. The van der Waals surface area contributed by atoms with Gasteiger partial charge in [-0.25, -0.2) is 8.42 Å². The van der Waals surface area contributed by atoms with E-state index in [2.05, 4.69) is 32.8 Å². The second-order valence-corrected chi connectivity index (χ2v) is 8.42. The molecule has 0 amide bonds. The van der Waals surface area contributed by atoms with Gasteiger partial charge in [-0.1, -0.05) is 29.8 Å². The van der Waals surface area contributed by atoms with Gasteiger partial charge in [0.05, 0.1) is 27.2 Å². The Morgan fingerprint density at radius 3 is 2.56 bits per heavy atom. The lowest BCUT2D eigenvalue weighted by Gasteiger charge is -2.14. The monoisotopic (exact) mass is 465 g/mol. The number of phenolic OH excluding ortho intramolecular Hbond substituents is 1. The predicted molar refractivity (Wildman–Crippen MR) is 108 cm³/mol. The molecule has 3 rings (SSSR count). The summed E-state index contributed by atoms with van der Waals surface area (Å²) in [5.74, 6) is 0.130. The smallest absolute Gasteiger partial charge is 0.262 e. The minimum absolute atomic E-state index is 0.0819. The van der Waals surface area contributed by atoms with Crippen molar-refractivity contribution in [2.45, 2.75) is 4.90 Å². The second kappa shape index (κ2) is 7.69. The summed E-state index contributed by atoms with van der Waals surface area (Å²) in [6.07, 6.45) is 0. The maximum absolute atomic E-state index is 12.8. The van der Waals surface area contributed by atoms with Gasteiger partial charge in [0.1, 0.15) is 11.5 Å². The molecule has 0 aromatic heterocycles. The highest BCUT2D eigenvalue weighted by atomic mass is 79.9. The average molecular weight is 467 g/mol. The SMILES string of the molecule is COc1ccc(-c2cc#ccc2)cc1NS(=O)(=O)c1cc(Cl)c(O)c(Br)c1. The summed E-state index contributed by atoms with van der Waals surface area (Å²) in [5, 5.41) is 9.63. The summed E-state index contributed by atoms with van der Waals surface area (Å²) >= 11 is 8.98. The van der Waals surface area contributed by atoms with Crippen molar-refractivity contribution in [3.63, 3.8) is 0 Å². The Morgan fingerprint density at radius 2 is 1.93 bits per heavy atom. The molecule has 0 unspecified atom stereocenters. The number of hydrogen-bond donors (Lipinski definition) is 2. The zero-order valence-electron chi connectivity index (χ0n) is 14.0. The lowest BCUT2D eigenvalue weighted by molar-refractivity contribution is 0.417. The fraction of sp³-hybridized carbons (Fsp3) is 0.0526. The fourth-order valence-electron chi connectivity index (χ4n) is 2.40. The van der Waals surface area contributed by atoms with E-state index in [-0.39, 0.29) is 25.8 Å². The van der Waals surface area contributed by atoms with Gasteiger partial charge in [0, 0.05) is 0 Å². The summed E-state index contributed by atoms with van der Waals surface area (Å²) in [5.41, 5.74) is 1.90. The molecule has 0 atom stereocenters. The highest BCUT2D eigenvalue weighted by Crippen LogP contribution is 2.36. The van der Waals surface area contributed by atoms with Gasteiger partial charge < -0.3 is 9.84 Å². The average Bonchev–Trinajstić information content (AvgIpc) is 2.66. The zero-order chi connectivity index (χ0) is 19.6. The Balaban J connectivity index is 2.03. The van der Waals surface area contributed by atoms with Gasteiger partial charge in [-0.2, -0.15) is 0 Å². The van der Waals surface area contributed by atoms with Crippen LogP contribution in [0.3, 0.4) is 0 Å². The van der Waals surface area contributed by atoms with Crippen LogP contribution in [0, 0.1) is 12.1 Å². The Labute approximate surface area is 170 Å². The van der Waals surface area contributed by atoms with Gasteiger partial charge in [-0.3, -0.25) is 4.72 Å². The first-order valence-corrected chi connectivity index (χ1v) is 10.2. The third-order valence-corrected chi connectivity index (χ3v) is 5.97. The van der Waals surface area contributed by atoms with Gasteiger partial charge in [-0.15, -0.1) is 0 Å². The number of anilines is 1. The molecule has 0 aliphatic rings. The lowest BCUT2D eigenvalue weighted by Crippen LogP contribution is -2.14. The predicted octanol–water partition coefficient (Wildman–Crippen LogP) is 4.88. The number of aromatic hydroxyl groups is 1. The molecule has 0 bridgehead atoms. The van der Waals surface area contributed by atoms with Crippen LogP contribution in [0.4, 0.5) is 5.69 Å². The van der Waals surface area contributed by atoms with E-state index in [0.717, 1.165) is 11.1 Å². The molecule has 0 radical (unpaired) electrons. The molecule has 0 fully saturated rings. The number of rotatable bonds is 5. The number of methoxy groups -OCH3 is 1. The number of phenols is 1. The van der Waals surface area contributed by atoms with Crippen molar-refractivity contribution in [2.75, 3.05) is 11.8 Å². The molecular formula is C19H13BrClNO4S. The molecule has 0 saturated heterocycles. The summed E-state index contributed by atoms with van der Waals surface area (Å²) < 4.78 is 33.5. The van der Waals surface area contributed by atoms with E-state index in [0.29, 0.717) is 5.75 Å². The van der Waals surface area contributed by atoms with Crippen LogP contribution in [0.25, 0.3) is 11.1 Å². The van der Waals surface area contributed by atoms with Gasteiger partial charge in [0.2, 0.25) is 0 Å². The van der Waals surface area contributed by atoms with Gasteiger partial charge in [0.15, 0.2) is 0 Å². The molecule has 5 nitrogen and oxygen atoms in total.